The Morgan fingerprint density at radius 1 is 0.935 bits per heavy atom. The highest BCUT2D eigenvalue weighted by Gasteiger charge is 2.60. The van der Waals surface area contributed by atoms with E-state index in [-0.39, 0.29) is 21.8 Å². The van der Waals surface area contributed by atoms with Crippen LogP contribution in [0.5, 0.6) is 0 Å². The number of aryl methyl sites for hydroxylation is 1. The minimum Gasteiger partial charge on any atom is -0.299 e. The summed E-state index contributed by atoms with van der Waals surface area (Å²) in [7, 11) is -3.72. The lowest BCUT2D eigenvalue weighted by atomic mass is 9.45. The molecule has 0 saturated heterocycles. The van der Waals surface area contributed by atoms with Gasteiger partial charge in [0.15, 0.2) is 0 Å². The summed E-state index contributed by atoms with van der Waals surface area (Å²) >= 11 is 0. The van der Waals surface area contributed by atoms with E-state index >= 15 is 0 Å². The molecule has 4 fully saturated rings. The highest BCUT2D eigenvalue weighted by Crippen LogP contribution is 2.65. The minimum atomic E-state index is -3.72. The lowest BCUT2D eigenvalue weighted by Gasteiger charge is -2.60. The highest BCUT2D eigenvalue weighted by molar-refractivity contribution is 7.86. The van der Waals surface area contributed by atoms with Gasteiger partial charge in [0.25, 0.3) is 10.1 Å². The molecule has 4 aliphatic rings. The van der Waals surface area contributed by atoms with Gasteiger partial charge >= 0.3 is 0 Å². The third kappa shape index (κ3) is 3.42. The Kier molecular flexibility index (Phi) is 5.17. The molecule has 0 spiro atoms. The summed E-state index contributed by atoms with van der Waals surface area (Å²) in [5.74, 6) is 2.92. The van der Waals surface area contributed by atoms with Gasteiger partial charge in [0, 0.05) is 11.8 Å². The fraction of sp³-hybridized carbons (Fsp3) is 0.731. The van der Waals surface area contributed by atoms with Crippen LogP contribution >= 0.6 is 0 Å². The second-order valence-corrected chi connectivity index (χ2v) is 12.9. The summed E-state index contributed by atoms with van der Waals surface area (Å²) < 4.78 is 31.4. The van der Waals surface area contributed by atoms with Crippen LogP contribution < -0.4 is 0 Å². The molecule has 5 rings (SSSR count). The Hall–Kier alpha value is -1.20. The number of hydrogen-bond acceptors (Lipinski definition) is 4. The van der Waals surface area contributed by atoms with Crippen LogP contribution in [-0.4, -0.2) is 20.3 Å². The topological polar surface area (TPSA) is 60.4 Å². The normalized spacial score (nSPS) is 42.5. The van der Waals surface area contributed by atoms with Crippen LogP contribution in [0, 0.1) is 41.4 Å². The van der Waals surface area contributed by atoms with Gasteiger partial charge in [0.2, 0.25) is 0 Å². The maximum Gasteiger partial charge on any atom is 0.297 e. The van der Waals surface area contributed by atoms with Crippen molar-refractivity contribution >= 4 is 15.9 Å². The van der Waals surface area contributed by atoms with Crippen molar-refractivity contribution in [3.05, 3.63) is 29.8 Å². The molecule has 4 aliphatic carbocycles. The van der Waals surface area contributed by atoms with Crippen molar-refractivity contribution in [2.75, 3.05) is 0 Å². The number of benzene rings is 1. The molecule has 0 radical (unpaired) electrons. The van der Waals surface area contributed by atoms with Crippen LogP contribution in [0.1, 0.15) is 77.2 Å². The molecular weight excluding hydrogens is 408 g/mol. The Balaban J connectivity index is 1.30. The predicted octanol–water partition coefficient (Wildman–Crippen LogP) is 5.68. The second-order valence-electron chi connectivity index (χ2n) is 11.3. The molecule has 0 aliphatic heterocycles. The molecule has 7 atom stereocenters. The first kappa shape index (κ1) is 21.6. The largest absolute Gasteiger partial charge is 0.299 e. The van der Waals surface area contributed by atoms with Crippen LogP contribution in [0.4, 0.5) is 0 Å². The van der Waals surface area contributed by atoms with Gasteiger partial charge in [-0.1, -0.05) is 31.5 Å². The van der Waals surface area contributed by atoms with Crippen LogP contribution in [-0.2, 0) is 19.1 Å². The van der Waals surface area contributed by atoms with Crippen LogP contribution in [0.2, 0.25) is 0 Å². The van der Waals surface area contributed by atoms with Crippen LogP contribution in [0.25, 0.3) is 0 Å². The Bertz CT molecular complexity index is 968. The van der Waals surface area contributed by atoms with Crippen molar-refractivity contribution in [1.82, 2.24) is 0 Å². The number of rotatable bonds is 3. The van der Waals surface area contributed by atoms with E-state index < -0.39 is 10.1 Å². The van der Waals surface area contributed by atoms with E-state index in [0.717, 1.165) is 56.9 Å². The molecule has 0 N–H and O–H groups in total. The molecule has 0 bridgehead atoms. The smallest absolute Gasteiger partial charge is 0.297 e. The lowest BCUT2D eigenvalue weighted by molar-refractivity contribution is -0.141. The van der Waals surface area contributed by atoms with Gasteiger partial charge in [-0.25, -0.2) is 0 Å². The SMILES string of the molecule is Cc1ccc(S(=O)(=O)OC2CC[C@]3(C)C4CC[C@]5(C)C(=O)CCC5C4CC[C@H]3C2)cc1. The van der Waals surface area contributed by atoms with Crippen molar-refractivity contribution < 1.29 is 17.4 Å². The molecule has 170 valence electrons. The minimum absolute atomic E-state index is 0.0766. The fourth-order valence-electron chi connectivity index (χ4n) is 8.02. The van der Waals surface area contributed by atoms with Crippen molar-refractivity contribution in [2.45, 2.75) is 89.6 Å². The molecule has 4 nitrogen and oxygen atoms in total. The monoisotopic (exact) mass is 444 g/mol. The standard InChI is InChI=1S/C26H36O4S/c1-17-4-7-20(8-5-17)31(28,29)30-19-12-14-25(2)18(16-19)6-9-21-22-10-11-24(27)26(22,3)15-13-23(21)25/h4-5,7-8,18-19,21-23H,6,9-16H2,1-3H3/t18-,19?,21?,22?,23?,25-,26-/m0/s1. The summed E-state index contributed by atoms with van der Waals surface area (Å²) in [6, 6.07) is 6.93. The van der Waals surface area contributed by atoms with E-state index in [1.165, 1.54) is 6.42 Å². The van der Waals surface area contributed by atoms with Gasteiger partial charge in [0.1, 0.15) is 5.78 Å². The van der Waals surface area contributed by atoms with Crippen molar-refractivity contribution in [2.24, 2.45) is 34.5 Å². The predicted molar refractivity (Wildman–Crippen MR) is 120 cm³/mol. The lowest BCUT2D eigenvalue weighted by Crippen LogP contribution is -2.54. The van der Waals surface area contributed by atoms with Gasteiger partial charge < -0.3 is 0 Å². The summed E-state index contributed by atoms with van der Waals surface area (Å²) in [5, 5.41) is 0. The zero-order valence-electron chi connectivity index (χ0n) is 19.1. The van der Waals surface area contributed by atoms with E-state index in [1.807, 2.05) is 19.1 Å². The first-order chi connectivity index (χ1) is 14.6. The molecule has 0 amide bonds. The number of ketones is 1. The average Bonchev–Trinajstić information content (AvgIpc) is 3.03. The van der Waals surface area contributed by atoms with Gasteiger partial charge in [-0.15, -0.1) is 0 Å². The van der Waals surface area contributed by atoms with Crippen LogP contribution in [0.15, 0.2) is 29.2 Å². The molecule has 1 aromatic rings. The Labute approximate surface area is 187 Å². The number of Topliss-reactive ketones (excluding diaryl/α,β-unsaturated/α-hetero) is 1. The highest BCUT2D eigenvalue weighted by atomic mass is 32.2. The Morgan fingerprint density at radius 3 is 2.42 bits per heavy atom. The zero-order valence-corrected chi connectivity index (χ0v) is 19.9. The molecule has 31 heavy (non-hydrogen) atoms. The van der Waals surface area contributed by atoms with Gasteiger partial charge in [-0.05, 0) is 99.5 Å². The summed E-state index contributed by atoms with van der Waals surface area (Å²) in [4.78, 5) is 12.9. The number of hydrogen-bond donors (Lipinski definition) is 0. The maximum absolute atomic E-state index is 12.8. The Morgan fingerprint density at radius 2 is 1.68 bits per heavy atom. The fourth-order valence-corrected chi connectivity index (χ4v) is 9.13. The molecule has 0 heterocycles. The van der Waals surface area contributed by atoms with Gasteiger partial charge in [-0.2, -0.15) is 8.42 Å². The number of fused-ring (bicyclic) bond motifs is 5. The third-order valence-electron chi connectivity index (χ3n) is 9.90. The molecular formula is C26H36O4S. The van der Waals surface area contributed by atoms with E-state index in [9.17, 15) is 13.2 Å². The average molecular weight is 445 g/mol. The van der Waals surface area contributed by atoms with Crippen molar-refractivity contribution in [3.8, 4) is 0 Å². The van der Waals surface area contributed by atoms with E-state index in [0.29, 0.717) is 29.5 Å². The molecule has 4 saturated carbocycles. The van der Waals surface area contributed by atoms with E-state index in [1.54, 1.807) is 12.1 Å². The van der Waals surface area contributed by atoms with E-state index in [4.69, 9.17) is 4.18 Å². The summed E-state index contributed by atoms with van der Waals surface area (Å²) in [6.45, 7) is 6.64. The first-order valence-corrected chi connectivity index (χ1v) is 13.6. The third-order valence-corrected chi connectivity index (χ3v) is 11.3. The van der Waals surface area contributed by atoms with Gasteiger partial charge in [0.05, 0.1) is 11.0 Å². The maximum atomic E-state index is 12.8. The molecule has 4 unspecified atom stereocenters. The summed E-state index contributed by atoms with van der Waals surface area (Å²) in [5.41, 5.74) is 1.22. The quantitative estimate of drug-likeness (QED) is 0.563. The zero-order chi connectivity index (χ0) is 22.0. The van der Waals surface area contributed by atoms with Crippen molar-refractivity contribution in [1.29, 1.82) is 0 Å². The van der Waals surface area contributed by atoms with E-state index in [2.05, 4.69) is 13.8 Å². The molecule has 1 aromatic carbocycles. The first-order valence-electron chi connectivity index (χ1n) is 12.2. The van der Waals surface area contributed by atoms with Crippen LogP contribution in [0.3, 0.4) is 0 Å². The molecule has 5 heteroatoms. The summed E-state index contributed by atoms with van der Waals surface area (Å²) in [6.07, 6.45) is 8.85. The van der Waals surface area contributed by atoms with Crippen molar-refractivity contribution in [3.63, 3.8) is 0 Å². The molecule has 0 aromatic heterocycles. The number of carbonyl (C=O) groups excluding carboxylic acids is 1. The van der Waals surface area contributed by atoms with Gasteiger partial charge in [-0.3, -0.25) is 8.98 Å². The number of carbonyl (C=O) groups is 1. The second kappa shape index (κ2) is 7.41.